The number of rotatable bonds is 5. The molecule has 0 N–H and O–H groups in total. The van der Waals surface area contributed by atoms with Gasteiger partial charge in [0.1, 0.15) is 12.4 Å². The Morgan fingerprint density at radius 3 is 2.50 bits per heavy atom. The third-order valence-electron chi connectivity index (χ3n) is 2.81. The molecule has 0 atom stereocenters. The van der Waals surface area contributed by atoms with Crippen LogP contribution in [0.5, 0.6) is 5.75 Å². The fourth-order valence-corrected chi connectivity index (χ4v) is 2.00. The molecule has 0 aliphatic heterocycles. The number of hydrogen-bond donors (Lipinski definition) is 0. The first-order valence-corrected chi connectivity index (χ1v) is 6.59. The molecule has 0 aliphatic rings. The first-order valence-electron chi connectivity index (χ1n) is 6.21. The van der Waals surface area contributed by atoms with Gasteiger partial charge in [-0.2, -0.15) is 0 Å². The highest BCUT2D eigenvalue weighted by Gasteiger charge is 2.07. The van der Waals surface area contributed by atoms with E-state index in [1.807, 2.05) is 36.4 Å². The van der Waals surface area contributed by atoms with Gasteiger partial charge < -0.3 is 9.47 Å². The van der Waals surface area contributed by atoms with Crippen molar-refractivity contribution in [3.8, 4) is 5.75 Å². The zero-order valence-electron chi connectivity index (χ0n) is 11.1. The first kappa shape index (κ1) is 14.4. The summed E-state index contributed by atoms with van der Waals surface area (Å²) in [5.74, 6) is 0.308. The average Bonchev–Trinajstić information content (AvgIpc) is 2.47. The number of halogens is 1. The maximum Gasteiger partial charge on any atom is 0.309 e. The molecule has 0 saturated heterocycles. The molecule has 0 spiro atoms. The van der Waals surface area contributed by atoms with E-state index in [2.05, 4.69) is 4.74 Å². The molecule has 0 saturated carbocycles. The van der Waals surface area contributed by atoms with Crippen LogP contribution in [0, 0.1) is 0 Å². The Labute approximate surface area is 123 Å². The zero-order chi connectivity index (χ0) is 14.4. The van der Waals surface area contributed by atoms with E-state index < -0.39 is 0 Å². The van der Waals surface area contributed by atoms with Gasteiger partial charge in [-0.1, -0.05) is 48.0 Å². The highest BCUT2D eigenvalue weighted by Crippen LogP contribution is 2.26. The lowest BCUT2D eigenvalue weighted by molar-refractivity contribution is -0.139. The molecule has 0 heterocycles. The van der Waals surface area contributed by atoms with Gasteiger partial charge >= 0.3 is 5.97 Å². The Hall–Kier alpha value is -2.00. The van der Waals surface area contributed by atoms with Gasteiger partial charge in [-0.05, 0) is 23.3 Å². The number of esters is 1. The number of carbonyl (C=O) groups is 1. The van der Waals surface area contributed by atoms with Gasteiger partial charge in [0.25, 0.3) is 0 Å². The van der Waals surface area contributed by atoms with Crippen LogP contribution in [0.1, 0.15) is 11.1 Å². The number of methoxy groups -OCH3 is 1. The molecule has 3 nitrogen and oxygen atoms in total. The van der Waals surface area contributed by atoms with Crippen LogP contribution in [-0.4, -0.2) is 13.1 Å². The average molecular weight is 291 g/mol. The predicted molar refractivity (Wildman–Crippen MR) is 77.9 cm³/mol. The Morgan fingerprint density at radius 2 is 1.85 bits per heavy atom. The molecule has 0 unspecified atom stereocenters. The van der Waals surface area contributed by atoms with E-state index in [1.54, 1.807) is 12.1 Å². The van der Waals surface area contributed by atoms with E-state index in [-0.39, 0.29) is 12.4 Å². The minimum atomic E-state index is -0.293. The summed E-state index contributed by atoms with van der Waals surface area (Å²) in [6, 6.07) is 15.1. The minimum Gasteiger partial charge on any atom is -0.487 e. The van der Waals surface area contributed by atoms with Crippen molar-refractivity contribution in [1.29, 1.82) is 0 Å². The van der Waals surface area contributed by atoms with Gasteiger partial charge in [-0.15, -0.1) is 0 Å². The molecule has 20 heavy (non-hydrogen) atoms. The fourth-order valence-electron chi connectivity index (χ4n) is 1.75. The summed E-state index contributed by atoms with van der Waals surface area (Å²) in [6.07, 6.45) is 0.204. The molecule has 0 amide bonds. The largest absolute Gasteiger partial charge is 0.487 e. The van der Waals surface area contributed by atoms with Gasteiger partial charge in [-0.25, -0.2) is 0 Å². The molecule has 0 fully saturated rings. The molecule has 104 valence electrons. The molecule has 2 aromatic carbocycles. The van der Waals surface area contributed by atoms with E-state index in [0.717, 1.165) is 11.1 Å². The third-order valence-corrected chi connectivity index (χ3v) is 3.10. The maximum absolute atomic E-state index is 11.2. The summed E-state index contributed by atoms with van der Waals surface area (Å²) < 4.78 is 10.3. The van der Waals surface area contributed by atoms with Crippen molar-refractivity contribution in [3.63, 3.8) is 0 Å². The number of hydrogen-bond acceptors (Lipinski definition) is 3. The van der Waals surface area contributed by atoms with Crippen LogP contribution in [-0.2, 0) is 22.6 Å². The van der Waals surface area contributed by atoms with Crippen LogP contribution in [0.2, 0.25) is 5.02 Å². The van der Waals surface area contributed by atoms with Gasteiger partial charge in [0.2, 0.25) is 0 Å². The second kappa shape index (κ2) is 6.96. The summed E-state index contributed by atoms with van der Waals surface area (Å²) in [4.78, 5) is 11.2. The Balaban J connectivity index is 2.01. The summed E-state index contributed by atoms with van der Waals surface area (Å²) in [5.41, 5.74) is 1.87. The van der Waals surface area contributed by atoms with Crippen LogP contribution >= 0.6 is 11.6 Å². The van der Waals surface area contributed by atoms with Gasteiger partial charge in [0.15, 0.2) is 0 Å². The first-order chi connectivity index (χ1) is 9.69. The lowest BCUT2D eigenvalue weighted by Crippen LogP contribution is -2.04. The van der Waals surface area contributed by atoms with Gasteiger partial charge in [0.05, 0.1) is 18.6 Å². The fraction of sp³-hybridized carbons (Fsp3) is 0.188. The lowest BCUT2D eigenvalue weighted by atomic mass is 10.1. The van der Waals surface area contributed by atoms with Crippen molar-refractivity contribution in [2.75, 3.05) is 7.11 Å². The molecule has 0 radical (unpaired) electrons. The summed E-state index contributed by atoms with van der Waals surface area (Å²) in [7, 11) is 1.36. The Bertz CT molecular complexity index is 582. The van der Waals surface area contributed by atoms with Crippen molar-refractivity contribution < 1.29 is 14.3 Å². The van der Waals surface area contributed by atoms with Crippen LogP contribution in [0.4, 0.5) is 0 Å². The quantitative estimate of drug-likeness (QED) is 0.789. The van der Waals surface area contributed by atoms with Gasteiger partial charge in [-0.3, -0.25) is 4.79 Å². The summed E-state index contributed by atoms with van der Waals surface area (Å²) in [5, 5.41) is 0.488. The SMILES string of the molecule is COC(=O)Cc1ccc(OCc2ccccc2)c(Cl)c1. The smallest absolute Gasteiger partial charge is 0.309 e. The van der Waals surface area contributed by atoms with Crippen LogP contribution in [0.3, 0.4) is 0 Å². The van der Waals surface area contributed by atoms with Crippen LogP contribution in [0.25, 0.3) is 0 Å². The highest BCUT2D eigenvalue weighted by molar-refractivity contribution is 6.32. The molecule has 2 rings (SSSR count). The highest BCUT2D eigenvalue weighted by atomic mass is 35.5. The van der Waals surface area contributed by atoms with Crippen molar-refractivity contribution in [2.24, 2.45) is 0 Å². The third kappa shape index (κ3) is 4.00. The second-order valence-corrected chi connectivity index (χ2v) is 4.70. The van der Waals surface area contributed by atoms with Gasteiger partial charge in [0, 0.05) is 0 Å². The van der Waals surface area contributed by atoms with Crippen molar-refractivity contribution in [2.45, 2.75) is 13.0 Å². The van der Waals surface area contributed by atoms with Crippen molar-refractivity contribution in [3.05, 3.63) is 64.7 Å². The van der Waals surface area contributed by atoms with Crippen LogP contribution in [0.15, 0.2) is 48.5 Å². The minimum absolute atomic E-state index is 0.204. The van der Waals surface area contributed by atoms with E-state index in [0.29, 0.717) is 17.4 Å². The number of benzene rings is 2. The van der Waals surface area contributed by atoms with Crippen molar-refractivity contribution >= 4 is 17.6 Å². The Kier molecular flexibility index (Phi) is 5.02. The summed E-state index contributed by atoms with van der Waals surface area (Å²) in [6.45, 7) is 0.455. The van der Waals surface area contributed by atoms with E-state index in [4.69, 9.17) is 16.3 Å². The molecule has 0 bridgehead atoms. The van der Waals surface area contributed by atoms with E-state index in [9.17, 15) is 4.79 Å². The molecule has 4 heteroatoms. The monoisotopic (exact) mass is 290 g/mol. The molecular weight excluding hydrogens is 276 g/mol. The molecule has 2 aromatic rings. The predicted octanol–water partition coefficient (Wildman–Crippen LogP) is 3.63. The number of carbonyl (C=O) groups excluding carboxylic acids is 1. The second-order valence-electron chi connectivity index (χ2n) is 4.29. The topological polar surface area (TPSA) is 35.5 Å². The zero-order valence-corrected chi connectivity index (χ0v) is 11.9. The Morgan fingerprint density at radius 1 is 1.10 bits per heavy atom. The molecule has 0 aliphatic carbocycles. The maximum atomic E-state index is 11.2. The normalized spacial score (nSPS) is 10.1. The molecular formula is C16H15ClO3. The standard InChI is InChI=1S/C16H15ClO3/c1-19-16(18)10-13-7-8-15(14(17)9-13)20-11-12-5-3-2-4-6-12/h2-9H,10-11H2,1H3. The van der Waals surface area contributed by atoms with Crippen molar-refractivity contribution in [1.82, 2.24) is 0 Å². The summed E-state index contributed by atoms with van der Waals surface area (Å²) >= 11 is 6.15. The number of ether oxygens (including phenoxy) is 2. The lowest BCUT2D eigenvalue weighted by Gasteiger charge is -2.09. The van der Waals surface area contributed by atoms with Crippen LogP contribution < -0.4 is 4.74 Å². The molecule has 0 aromatic heterocycles. The van der Waals surface area contributed by atoms with E-state index >= 15 is 0 Å². The van der Waals surface area contributed by atoms with E-state index in [1.165, 1.54) is 7.11 Å².